The number of Topliss-reactive ketones (excluding diaryl/α,β-unsaturated/α-hetero) is 1. The monoisotopic (exact) mass is 595 g/mol. The number of sulfone groups is 1. The molecule has 5 rings (SSSR count). The third kappa shape index (κ3) is 4.76. The Balaban J connectivity index is 1.58. The van der Waals surface area contributed by atoms with Crippen LogP contribution < -0.4 is 4.90 Å². The van der Waals surface area contributed by atoms with E-state index in [1.807, 2.05) is 6.92 Å². The third-order valence-electron chi connectivity index (χ3n) is 6.25. The number of nitro benzene ring substituents is 1. The summed E-state index contributed by atoms with van der Waals surface area (Å²) in [5.41, 5.74) is 1.14. The van der Waals surface area contributed by atoms with Crippen LogP contribution in [-0.4, -0.2) is 35.1 Å². The summed E-state index contributed by atoms with van der Waals surface area (Å²) in [6, 6.07) is 16.2. The summed E-state index contributed by atoms with van der Waals surface area (Å²) in [7, 11) is -4.15. The molecule has 40 heavy (non-hydrogen) atoms. The van der Waals surface area contributed by atoms with Crippen molar-refractivity contribution in [1.82, 2.24) is 4.98 Å². The van der Waals surface area contributed by atoms with Crippen LogP contribution in [0.4, 0.5) is 10.8 Å². The zero-order valence-corrected chi connectivity index (χ0v) is 22.9. The van der Waals surface area contributed by atoms with E-state index in [2.05, 4.69) is 4.98 Å². The van der Waals surface area contributed by atoms with E-state index in [1.165, 1.54) is 0 Å². The molecule has 202 valence electrons. The van der Waals surface area contributed by atoms with E-state index < -0.39 is 38.3 Å². The maximum Gasteiger partial charge on any atom is 0.296 e. The number of carbonyl (C=O) groups is 2. The van der Waals surface area contributed by atoms with Gasteiger partial charge in [0.1, 0.15) is 4.21 Å². The zero-order chi connectivity index (χ0) is 28.8. The molecule has 10 nitrogen and oxygen atoms in total. The lowest BCUT2D eigenvalue weighted by molar-refractivity contribution is -0.384. The molecular formula is C27H18ClN3O7S2. The van der Waals surface area contributed by atoms with Crippen molar-refractivity contribution in [3.63, 3.8) is 0 Å². The highest BCUT2D eigenvalue weighted by Crippen LogP contribution is 2.44. The average Bonchev–Trinajstić information content (AvgIpc) is 3.53. The van der Waals surface area contributed by atoms with Gasteiger partial charge in [0.2, 0.25) is 9.84 Å². The van der Waals surface area contributed by atoms with E-state index in [0.717, 1.165) is 40.9 Å². The second-order valence-electron chi connectivity index (χ2n) is 8.80. The first kappa shape index (κ1) is 27.2. The summed E-state index contributed by atoms with van der Waals surface area (Å²) >= 11 is 6.71. The standard InChI is InChI=1S/C27H18ClN3O7S2/c1-15-2-4-17(5-3-15)24(32)22-23(16-6-8-18(28)9-7-16)30(26(34)25(22)33)27-29-14-21(39-27)40(37,38)20-12-10-19(11-13-20)31(35)36/h2-14,23,33H,1H3. The van der Waals surface area contributed by atoms with Crippen LogP contribution in [0, 0.1) is 17.0 Å². The first-order valence-corrected chi connectivity index (χ1v) is 14.3. The SMILES string of the molecule is Cc1ccc(C(=O)C2=C(O)C(=O)N(c3ncc(S(=O)(=O)c4ccc([N+](=O)[O-])cc4)s3)C2c2ccc(Cl)cc2)cc1. The molecule has 2 heterocycles. The van der Waals surface area contributed by atoms with Gasteiger partial charge in [-0.25, -0.2) is 13.4 Å². The van der Waals surface area contributed by atoms with Gasteiger partial charge in [0, 0.05) is 22.7 Å². The number of carbonyl (C=O) groups excluding carboxylic acids is 2. The Morgan fingerprint density at radius 1 is 1.05 bits per heavy atom. The number of thiazole rings is 1. The highest BCUT2D eigenvalue weighted by molar-refractivity contribution is 7.93. The molecule has 0 bridgehead atoms. The largest absolute Gasteiger partial charge is 0.503 e. The summed E-state index contributed by atoms with van der Waals surface area (Å²) in [5, 5.41) is 22.2. The number of anilines is 1. The summed E-state index contributed by atoms with van der Waals surface area (Å²) in [6.07, 6.45) is 1.06. The van der Waals surface area contributed by atoms with Crippen molar-refractivity contribution in [1.29, 1.82) is 0 Å². The molecule has 13 heteroatoms. The van der Waals surface area contributed by atoms with Gasteiger partial charge in [-0.1, -0.05) is 64.9 Å². The van der Waals surface area contributed by atoms with Crippen LogP contribution in [0.2, 0.25) is 5.02 Å². The van der Waals surface area contributed by atoms with Gasteiger partial charge in [-0.05, 0) is 36.8 Å². The summed E-state index contributed by atoms with van der Waals surface area (Å²) in [5.74, 6) is -2.28. The van der Waals surface area contributed by atoms with E-state index >= 15 is 0 Å². The van der Waals surface area contributed by atoms with Crippen LogP contribution >= 0.6 is 22.9 Å². The van der Waals surface area contributed by atoms with Crippen LogP contribution in [0.15, 0.2) is 99.4 Å². The molecule has 1 N–H and O–H groups in total. The van der Waals surface area contributed by atoms with Crippen LogP contribution in [0.5, 0.6) is 0 Å². The molecule has 0 aliphatic carbocycles. The molecule has 4 aromatic rings. The van der Waals surface area contributed by atoms with Crippen molar-refractivity contribution >= 4 is 55.3 Å². The van der Waals surface area contributed by atoms with Crippen molar-refractivity contribution in [2.24, 2.45) is 0 Å². The molecule has 1 aromatic heterocycles. The van der Waals surface area contributed by atoms with Gasteiger partial charge in [-0.15, -0.1) is 0 Å². The van der Waals surface area contributed by atoms with E-state index in [-0.39, 0.29) is 31.1 Å². The maximum atomic E-state index is 13.6. The Bertz CT molecular complexity index is 1800. The van der Waals surface area contributed by atoms with Crippen LogP contribution in [0.3, 0.4) is 0 Å². The molecular weight excluding hydrogens is 578 g/mol. The van der Waals surface area contributed by atoms with Crippen molar-refractivity contribution in [3.05, 3.63) is 122 Å². The second-order valence-corrected chi connectivity index (χ2v) is 12.4. The van der Waals surface area contributed by atoms with Gasteiger partial charge in [0.15, 0.2) is 16.7 Å². The minimum Gasteiger partial charge on any atom is -0.503 e. The maximum absolute atomic E-state index is 13.6. The third-order valence-corrected chi connectivity index (χ3v) is 9.73. The first-order chi connectivity index (χ1) is 19.0. The Morgan fingerprint density at radius 3 is 2.27 bits per heavy atom. The first-order valence-electron chi connectivity index (χ1n) is 11.6. The number of aliphatic hydroxyl groups is 1. The molecule has 0 spiro atoms. The molecule has 1 aliphatic rings. The lowest BCUT2D eigenvalue weighted by atomic mass is 9.92. The highest BCUT2D eigenvalue weighted by Gasteiger charge is 2.46. The second kappa shape index (κ2) is 10.3. The molecule has 0 fully saturated rings. The van der Waals surface area contributed by atoms with E-state index in [1.54, 1.807) is 48.5 Å². The highest BCUT2D eigenvalue weighted by atomic mass is 35.5. The van der Waals surface area contributed by atoms with Crippen molar-refractivity contribution < 1.29 is 28.0 Å². The van der Waals surface area contributed by atoms with Crippen LogP contribution in [0.25, 0.3) is 0 Å². The van der Waals surface area contributed by atoms with Gasteiger partial charge in [0.05, 0.1) is 27.6 Å². The van der Waals surface area contributed by atoms with Crippen LogP contribution in [-0.2, 0) is 14.6 Å². The van der Waals surface area contributed by atoms with Gasteiger partial charge >= 0.3 is 0 Å². The van der Waals surface area contributed by atoms with Gasteiger partial charge in [0.25, 0.3) is 11.6 Å². The van der Waals surface area contributed by atoms with Gasteiger partial charge in [-0.3, -0.25) is 24.6 Å². The number of aliphatic hydroxyl groups excluding tert-OH is 1. The fourth-order valence-electron chi connectivity index (χ4n) is 4.20. The quantitative estimate of drug-likeness (QED) is 0.164. The Morgan fingerprint density at radius 2 is 1.68 bits per heavy atom. The van der Waals surface area contributed by atoms with E-state index in [4.69, 9.17) is 11.6 Å². The van der Waals surface area contributed by atoms with Gasteiger partial charge < -0.3 is 5.11 Å². The Hall–Kier alpha value is -4.39. The number of nitro groups is 1. The number of non-ortho nitro benzene ring substituents is 1. The number of nitrogens with zero attached hydrogens (tertiary/aromatic N) is 3. The fraction of sp³-hybridized carbons (Fsp3) is 0.0741. The number of rotatable bonds is 7. The summed E-state index contributed by atoms with van der Waals surface area (Å²) in [6.45, 7) is 1.85. The lowest BCUT2D eigenvalue weighted by Crippen LogP contribution is -2.30. The normalized spacial score (nSPS) is 15.5. The minimum absolute atomic E-state index is 0.0799. The zero-order valence-electron chi connectivity index (χ0n) is 20.5. The van der Waals surface area contributed by atoms with Crippen LogP contribution in [0.1, 0.15) is 27.5 Å². The number of halogens is 1. The van der Waals surface area contributed by atoms with Crippen molar-refractivity contribution in [3.8, 4) is 0 Å². The Kier molecular flexibility index (Phi) is 7.00. The molecule has 1 amide bonds. The molecule has 1 aliphatic heterocycles. The number of hydrogen-bond donors (Lipinski definition) is 1. The minimum atomic E-state index is -4.15. The predicted molar refractivity (Wildman–Crippen MR) is 148 cm³/mol. The Labute approximate surface area is 236 Å². The molecule has 0 saturated heterocycles. The average molecular weight is 596 g/mol. The van der Waals surface area contributed by atoms with Gasteiger partial charge in [-0.2, -0.15) is 0 Å². The topological polar surface area (TPSA) is 148 Å². The summed E-state index contributed by atoms with van der Waals surface area (Å²) < 4.78 is 26.2. The van der Waals surface area contributed by atoms with E-state index in [0.29, 0.717) is 21.9 Å². The number of aryl methyl sites for hydroxylation is 1. The number of benzene rings is 3. The molecule has 0 saturated carbocycles. The number of aromatic nitrogens is 1. The van der Waals surface area contributed by atoms with Crippen molar-refractivity contribution in [2.45, 2.75) is 22.1 Å². The lowest BCUT2D eigenvalue weighted by Gasteiger charge is -2.24. The molecule has 3 aromatic carbocycles. The van der Waals surface area contributed by atoms with Crippen molar-refractivity contribution in [2.75, 3.05) is 4.90 Å². The molecule has 1 atom stereocenters. The molecule has 1 unspecified atom stereocenters. The summed E-state index contributed by atoms with van der Waals surface area (Å²) in [4.78, 5) is 42.3. The number of ketones is 1. The molecule has 0 radical (unpaired) electrons. The number of hydrogen-bond acceptors (Lipinski definition) is 9. The van der Waals surface area contributed by atoms with E-state index in [9.17, 15) is 33.2 Å². The number of amides is 1. The predicted octanol–water partition coefficient (Wildman–Crippen LogP) is 5.63. The smallest absolute Gasteiger partial charge is 0.296 e. The fourth-order valence-corrected chi connectivity index (χ4v) is 6.88.